The Kier molecular flexibility index (Phi) is 8.22. The number of nitrogens with one attached hydrogen (secondary N) is 2. The molecule has 0 bridgehead atoms. The highest BCUT2D eigenvalue weighted by molar-refractivity contribution is 6.03. The second-order valence-electron chi connectivity index (χ2n) is 8.98. The summed E-state index contributed by atoms with van der Waals surface area (Å²) in [5.41, 5.74) is 0.270. The molecule has 0 aliphatic carbocycles. The maximum absolute atomic E-state index is 14.9. The molecule has 0 spiro atoms. The van der Waals surface area contributed by atoms with E-state index in [0.29, 0.717) is 36.8 Å². The number of amides is 1. The molecule has 0 atom stereocenters. The van der Waals surface area contributed by atoms with Crippen LogP contribution < -0.4 is 20.2 Å². The minimum Gasteiger partial charge on any atom is -0.497 e. The summed E-state index contributed by atoms with van der Waals surface area (Å²) in [6.07, 6.45) is 0.743. The van der Waals surface area contributed by atoms with Crippen LogP contribution in [0.4, 0.5) is 4.39 Å². The quantitative estimate of drug-likeness (QED) is 0.474. The van der Waals surface area contributed by atoms with Crippen molar-refractivity contribution in [1.29, 1.82) is 0 Å². The number of hydrogen-bond acceptors (Lipinski definition) is 6. The molecular weight excluding hydrogens is 463 g/mol. The third-order valence-electron chi connectivity index (χ3n) is 6.45. The van der Waals surface area contributed by atoms with Gasteiger partial charge in [0.15, 0.2) is 0 Å². The van der Waals surface area contributed by atoms with Crippen molar-refractivity contribution >= 4 is 16.8 Å². The van der Waals surface area contributed by atoms with Crippen LogP contribution in [0.25, 0.3) is 22.0 Å². The molecule has 1 aliphatic heterocycles. The molecular formula is C27H33FN4O4. The Morgan fingerprint density at radius 2 is 1.83 bits per heavy atom. The highest BCUT2D eigenvalue weighted by atomic mass is 19.1. The van der Waals surface area contributed by atoms with Gasteiger partial charge in [0.1, 0.15) is 23.0 Å². The van der Waals surface area contributed by atoms with Gasteiger partial charge in [0.2, 0.25) is 5.43 Å². The summed E-state index contributed by atoms with van der Waals surface area (Å²) in [6.45, 7) is 7.33. The van der Waals surface area contributed by atoms with Gasteiger partial charge in [-0.3, -0.25) is 14.5 Å². The van der Waals surface area contributed by atoms with Crippen LogP contribution in [0.15, 0.2) is 41.2 Å². The molecule has 8 nitrogen and oxygen atoms in total. The number of carbonyl (C=O) groups is 1. The molecule has 1 saturated heterocycles. The number of benzene rings is 2. The monoisotopic (exact) mass is 496 g/mol. The molecule has 1 aliphatic rings. The van der Waals surface area contributed by atoms with Gasteiger partial charge in [0, 0.05) is 39.3 Å². The van der Waals surface area contributed by atoms with Crippen LogP contribution in [0.5, 0.6) is 11.5 Å². The van der Waals surface area contributed by atoms with Crippen LogP contribution in [0.1, 0.15) is 23.8 Å². The number of halogens is 1. The topological polar surface area (TPSA) is 86.9 Å². The van der Waals surface area contributed by atoms with Crippen molar-refractivity contribution in [3.8, 4) is 22.6 Å². The minimum atomic E-state index is -0.674. The number of nitrogens with zero attached hydrogens (tertiary/aromatic N) is 2. The van der Waals surface area contributed by atoms with Gasteiger partial charge in [-0.1, -0.05) is 19.1 Å². The summed E-state index contributed by atoms with van der Waals surface area (Å²) < 4.78 is 25.9. The molecule has 9 heteroatoms. The van der Waals surface area contributed by atoms with Crippen LogP contribution in [0.3, 0.4) is 0 Å². The largest absolute Gasteiger partial charge is 0.497 e. The summed E-state index contributed by atoms with van der Waals surface area (Å²) in [7, 11) is 3.64. The van der Waals surface area contributed by atoms with Crippen molar-refractivity contribution in [3.63, 3.8) is 0 Å². The molecule has 36 heavy (non-hydrogen) atoms. The normalized spacial score (nSPS) is 14.7. The first-order valence-electron chi connectivity index (χ1n) is 12.3. The fourth-order valence-corrected chi connectivity index (χ4v) is 4.35. The lowest BCUT2D eigenvalue weighted by Crippen LogP contribution is -2.47. The first kappa shape index (κ1) is 25.7. The van der Waals surface area contributed by atoms with Crippen LogP contribution >= 0.6 is 0 Å². The zero-order valence-corrected chi connectivity index (χ0v) is 21.0. The van der Waals surface area contributed by atoms with Gasteiger partial charge in [-0.2, -0.15) is 0 Å². The summed E-state index contributed by atoms with van der Waals surface area (Å²) in [5.74, 6) is -0.166. The molecule has 4 rings (SSSR count). The number of H-pyrrole nitrogens is 1. The van der Waals surface area contributed by atoms with Gasteiger partial charge in [-0.25, -0.2) is 4.39 Å². The van der Waals surface area contributed by atoms with E-state index in [2.05, 4.69) is 27.1 Å². The lowest BCUT2D eigenvalue weighted by atomic mass is 9.99. The third kappa shape index (κ3) is 5.52. The Balaban J connectivity index is 1.73. The summed E-state index contributed by atoms with van der Waals surface area (Å²) in [6, 6.07) is 9.47. The first-order valence-corrected chi connectivity index (χ1v) is 12.3. The van der Waals surface area contributed by atoms with Crippen LogP contribution in [0.2, 0.25) is 0 Å². The van der Waals surface area contributed by atoms with E-state index >= 15 is 0 Å². The minimum absolute atomic E-state index is 0.0722. The van der Waals surface area contributed by atoms with Gasteiger partial charge >= 0.3 is 0 Å². The van der Waals surface area contributed by atoms with E-state index in [1.54, 1.807) is 31.4 Å². The molecule has 0 unspecified atom stereocenters. The third-order valence-corrected chi connectivity index (χ3v) is 6.45. The number of piperazine rings is 1. The number of aromatic nitrogens is 1. The van der Waals surface area contributed by atoms with E-state index in [9.17, 15) is 14.0 Å². The second-order valence-corrected chi connectivity index (χ2v) is 8.98. The number of ether oxygens (including phenoxy) is 2. The zero-order chi connectivity index (χ0) is 25.7. The summed E-state index contributed by atoms with van der Waals surface area (Å²) in [5, 5.41) is 2.80. The van der Waals surface area contributed by atoms with Gasteiger partial charge in [-0.05, 0) is 43.3 Å². The highest BCUT2D eigenvalue weighted by Crippen LogP contribution is 2.30. The van der Waals surface area contributed by atoms with Crippen molar-refractivity contribution in [2.24, 2.45) is 0 Å². The Morgan fingerprint density at radius 1 is 1.11 bits per heavy atom. The van der Waals surface area contributed by atoms with Crippen molar-refractivity contribution in [3.05, 3.63) is 58.1 Å². The number of aromatic amines is 1. The van der Waals surface area contributed by atoms with E-state index in [0.717, 1.165) is 32.6 Å². The number of carbonyl (C=O) groups excluding carboxylic acids is 1. The number of pyridine rings is 1. The summed E-state index contributed by atoms with van der Waals surface area (Å²) in [4.78, 5) is 34.7. The van der Waals surface area contributed by atoms with Crippen LogP contribution in [0, 0.1) is 5.82 Å². The van der Waals surface area contributed by atoms with E-state index in [-0.39, 0.29) is 22.2 Å². The van der Waals surface area contributed by atoms with E-state index < -0.39 is 17.2 Å². The molecule has 1 amide bonds. The van der Waals surface area contributed by atoms with Gasteiger partial charge < -0.3 is 24.7 Å². The Hall–Kier alpha value is -3.43. The number of likely N-dealkylation sites (N-methyl/N-ethyl adjacent to an activating group) is 1. The molecule has 0 radical (unpaired) electrons. The average Bonchev–Trinajstić information content (AvgIpc) is 2.89. The van der Waals surface area contributed by atoms with Crippen molar-refractivity contribution in [2.45, 2.75) is 13.3 Å². The average molecular weight is 497 g/mol. The fraction of sp³-hybridized carbons (Fsp3) is 0.407. The Labute approximate surface area is 210 Å². The predicted octanol–water partition coefficient (Wildman–Crippen LogP) is 3.11. The molecule has 192 valence electrons. The first-order chi connectivity index (χ1) is 17.4. The molecule has 1 fully saturated rings. The van der Waals surface area contributed by atoms with Gasteiger partial charge in [0.25, 0.3) is 5.91 Å². The second kappa shape index (κ2) is 11.5. The maximum atomic E-state index is 14.9. The van der Waals surface area contributed by atoms with Crippen LogP contribution in [-0.2, 0) is 0 Å². The lowest BCUT2D eigenvalue weighted by molar-refractivity contribution is 0.0937. The van der Waals surface area contributed by atoms with E-state index in [1.165, 1.54) is 12.1 Å². The molecule has 0 saturated carbocycles. The van der Waals surface area contributed by atoms with Crippen LogP contribution in [-0.4, -0.2) is 80.7 Å². The van der Waals surface area contributed by atoms with E-state index in [4.69, 9.17) is 9.47 Å². The van der Waals surface area contributed by atoms with Crippen molar-refractivity contribution < 1.29 is 18.7 Å². The Morgan fingerprint density at radius 3 is 2.50 bits per heavy atom. The number of fused-ring (bicyclic) bond motifs is 1. The Bertz CT molecular complexity index is 1270. The molecule has 1 aromatic heterocycles. The molecule has 2 heterocycles. The molecule has 2 aromatic carbocycles. The number of hydrogen-bond donors (Lipinski definition) is 2. The molecule has 2 N–H and O–H groups in total. The fourth-order valence-electron chi connectivity index (χ4n) is 4.35. The van der Waals surface area contributed by atoms with Crippen molar-refractivity contribution in [1.82, 2.24) is 20.1 Å². The number of methoxy groups -OCH3 is 1. The van der Waals surface area contributed by atoms with E-state index in [1.807, 2.05) is 6.92 Å². The number of rotatable bonds is 9. The molecule has 3 aromatic rings. The highest BCUT2D eigenvalue weighted by Gasteiger charge is 2.23. The summed E-state index contributed by atoms with van der Waals surface area (Å²) >= 11 is 0. The van der Waals surface area contributed by atoms with Gasteiger partial charge in [-0.15, -0.1) is 0 Å². The predicted molar refractivity (Wildman–Crippen MR) is 139 cm³/mol. The maximum Gasteiger partial charge on any atom is 0.268 e. The lowest BCUT2D eigenvalue weighted by Gasteiger charge is -2.32. The van der Waals surface area contributed by atoms with Crippen molar-refractivity contribution in [2.75, 3.05) is 60.0 Å². The SMILES string of the molecule is CCCOc1ccc(F)c2c(=O)c(-c3ccc(OC)cc3)c(C(=O)NCCN3CCN(C)CC3)[nH]c12. The smallest absolute Gasteiger partial charge is 0.268 e. The standard InChI is InChI=1S/C27H33FN4O4/c1-4-17-36-21-10-9-20(28)23-24(21)30-25(22(26(23)33)18-5-7-19(35-3)8-6-18)27(34)29-11-12-32-15-13-31(2)14-16-32/h5-10H,4,11-17H2,1-3H3,(H,29,34)(H,30,33). The zero-order valence-electron chi connectivity index (χ0n) is 21.0. The van der Waals surface area contributed by atoms with Gasteiger partial charge in [0.05, 0.1) is 30.2 Å².